The van der Waals surface area contributed by atoms with Gasteiger partial charge in [0.25, 0.3) is 0 Å². The Morgan fingerprint density at radius 2 is 2.29 bits per heavy atom. The van der Waals surface area contributed by atoms with Gasteiger partial charge < -0.3 is 10.6 Å². The number of hydrogen-bond acceptors (Lipinski definition) is 3. The summed E-state index contributed by atoms with van der Waals surface area (Å²) in [6, 6.07) is 4.02. The molecule has 1 aromatic rings. The lowest BCUT2D eigenvalue weighted by molar-refractivity contribution is 0.959. The van der Waals surface area contributed by atoms with E-state index in [0.29, 0.717) is 6.54 Å². The number of aromatic nitrogens is 1. The molecule has 0 aliphatic carbocycles. The fraction of sp³-hybridized carbons (Fsp3) is 0.364. The topological polar surface area (TPSA) is 42.1 Å². The Morgan fingerprint density at radius 3 is 2.86 bits per heavy atom. The first-order valence-electron chi connectivity index (χ1n) is 4.67. The molecular weight excluding hydrogens is 174 g/mol. The lowest BCUT2D eigenvalue weighted by Gasteiger charge is -2.17. The van der Waals surface area contributed by atoms with Crippen molar-refractivity contribution in [2.75, 3.05) is 18.5 Å². The SMILES string of the molecule is C=CCN(C)c1cc(CN)cc(C)n1. The highest BCUT2D eigenvalue weighted by atomic mass is 15.2. The van der Waals surface area contributed by atoms with E-state index in [-0.39, 0.29) is 0 Å². The average Bonchev–Trinajstić information content (AvgIpc) is 2.17. The maximum Gasteiger partial charge on any atom is 0.129 e. The van der Waals surface area contributed by atoms with Crippen LogP contribution in [0.5, 0.6) is 0 Å². The summed E-state index contributed by atoms with van der Waals surface area (Å²) >= 11 is 0. The monoisotopic (exact) mass is 191 g/mol. The molecule has 3 nitrogen and oxygen atoms in total. The van der Waals surface area contributed by atoms with Gasteiger partial charge in [-0.25, -0.2) is 4.98 Å². The summed E-state index contributed by atoms with van der Waals surface area (Å²) in [7, 11) is 1.99. The van der Waals surface area contributed by atoms with Crippen molar-refractivity contribution in [3.63, 3.8) is 0 Å². The minimum atomic E-state index is 0.554. The molecule has 0 bridgehead atoms. The van der Waals surface area contributed by atoms with Crippen LogP contribution < -0.4 is 10.6 Å². The predicted molar refractivity (Wildman–Crippen MR) is 60.3 cm³/mol. The molecule has 0 aromatic carbocycles. The van der Waals surface area contributed by atoms with E-state index >= 15 is 0 Å². The summed E-state index contributed by atoms with van der Waals surface area (Å²) in [6.45, 7) is 7.02. The van der Waals surface area contributed by atoms with E-state index in [0.717, 1.165) is 23.6 Å². The fourth-order valence-corrected chi connectivity index (χ4v) is 1.32. The lowest BCUT2D eigenvalue weighted by Crippen LogP contribution is -2.18. The molecule has 2 N–H and O–H groups in total. The number of hydrogen-bond donors (Lipinski definition) is 1. The number of nitrogens with zero attached hydrogens (tertiary/aromatic N) is 2. The van der Waals surface area contributed by atoms with E-state index < -0.39 is 0 Å². The predicted octanol–water partition coefficient (Wildman–Crippen LogP) is 1.47. The molecule has 0 spiro atoms. The Hall–Kier alpha value is -1.35. The summed E-state index contributed by atoms with van der Waals surface area (Å²) in [4.78, 5) is 6.46. The van der Waals surface area contributed by atoms with Crippen molar-refractivity contribution in [2.24, 2.45) is 5.73 Å². The number of anilines is 1. The van der Waals surface area contributed by atoms with Crippen molar-refractivity contribution in [3.8, 4) is 0 Å². The average molecular weight is 191 g/mol. The van der Waals surface area contributed by atoms with Crippen molar-refractivity contribution in [2.45, 2.75) is 13.5 Å². The first-order valence-corrected chi connectivity index (χ1v) is 4.67. The quantitative estimate of drug-likeness (QED) is 0.733. The molecule has 0 aliphatic heterocycles. The smallest absolute Gasteiger partial charge is 0.129 e. The lowest BCUT2D eigenvalue weighted by atomic mass is 10.2. The van der Waals surface area contributed by atoms with Crippen molar-refractivity contribution < 1.29 is 0 Å². The first kappa shape index (κ1) is 10.7. The molecule has 14 heavy (non-hydrogen) atoms. The second kappa shape index (κ2) is 4.77. The molecule has 1 aromatic heterocycles. The van der Waals surface area contributed by atoms with E-state index in [9.17, 15) is 0 Å². The molecule has 3 heteroatoms. The molecular formula is C11H17N3. The van der Waals surface area contributed by atoms with E-state index in [4.69, 9.17) is 5.73 Å². The van der Waals surface area contributed by atoms with Crippen molar-refractivity contribution >= 4 is 5.82 Å². The van der Waals surface area contributed by atoms with Gasteiger partial charge in [0.05, 0.1) is 0 Å². The van der Waals surface area contributed by atoms with Crippen LogP contribution >= 0.6 is 0 Å². The first-order chi connectivity index (χ1) is 6.67. The van der Waals surface area contributed by atoms with Gasteiger partial charge in [-0.2, -0.15) is 0 Å². The second-order valence-electron chi connectivity index (χ2n) is 3.35. The van der Waals surface area contributed by atoms with Crippen LogP contribution in [-0.4, -0.2) is 18.6 Å². The highest BCUT2D eigenvalue weighted by molar-refractivity contribution is 5.42. The zero-order chi connectivity index (χ0) is 10.6. The number of nitrogens with two attached hydrogens (primary N) is 1. The normalized spacial score (nSPS) is 9.93. The summed E-state index contributed by atoms with van der Waals surface area (Å²) in [6.07, 6.45) is 1.85. The Kier molecular flexibility index (Phi) is 3.65. The highest BCUT2D eigenvalue weighted by Gasteiger charge is 2.02. The zero-order valence-corrected chi connectivity index (χ0v) is 8.83. The fourth-order valence-electron chi connectivity index (χ4n) is 1.32. The van der Waals surface area contributed by atoms with Crippen LogP contribution in [0.3, 0.4) is 0 Å². The van der Waals surface area contributed by atoms with Crippen LogP contribution in [-0.2, 0) is 6.54 Å². The summed E-state index contributed by atoms with van der Waals surface area (Å²) in [5.74, 6) is 0.949. The van der Waals surface area contributed by atoms with Gasteiger partial charge in [-0.3, -0.25) is 0 Å². The number of likely N-dealkylation sites (N-methyl/N-ethyl adjacent to an activating group) is 1. The Morgan fingerprint density at radius 1 is 1.57 bits per heavy atom. The molecule has 0 unspecified atom stereocenters. The maximum absolute atomic E-state index is 5.60. The molecule has 0 radical (unpaired) electrons. The Labute approximate surface area is 85.3 Å². The molecule has 0 saturated carbocycles. The third-order valence-corrected chi connectivity index (χ3v) is 2.03. The molecule has 1 rings (SSSR count). The van der Waals surface area contributed by atoms with Gasteiger partial charge in [-0.15, -0.1) is 6.58 Å². The summed E-state index contributed by atoms with van der Waals surface area (Å²) in [5, 5.41) is 0. The molecule has 0 saturated heterocycles. The van der Waals surface area contributed by atoms with Gasteiger partial charge in [-0.1, -0.05) is 6.08 Å². The molecule has 1 heterocycles. The van der Waals surface area contributed by atoms with E-state index in [1.54, 1.807) is 0 Å². The Balaban J connectivity index is 2.96. The van der Waals surface area contributed by atoms with Gasteiger partial charge >= 0.3 is 0 Å². The van der Waals surface area contributed by atoms with Gasteiger partial charge in [0.15, 0.2) is 0 Å². The van der Waals surface area contributed by atoms with Gasteiger partial charge in [0.2, 0.25) is 0 Å². The third kappa shape index (κ3) is 2.57. The van der Waals surface area contributed by atoms with Gasteiger partial charge in [0.1, 0.15) is 5.82 Å². The molecule has 0 atom stereocenters. The van der Waals surface area contributed by atoms with Gasteiger partial charge in [-0.05, 0) is 24.6 Å². The van der Waals surface area contributed by atoms with Crippen LogP contribution in [0.15, 0.2) is 24.8 Å². The van der Waals surface area contributed by atoms with E-state index in [1.807, 2.05) is 37.1 Å². The molecule has 76 valence electrons. The van der Waals surface area contributed by atoms with E-state index in [2.05, 4.69) is 11.6 Å². The van der Waals surface area contributed by atoms with Crippen molar-refractivity contribution in [1.82, 2.24) is 4.98 Å². The van der Waals surface area contributed by atoms with Crippen LogP contribution in [0.2, 0.25) is 0 Å². The standard InChI is InChI=1S/C11H17N3/c1-4-5-14(3)11-7-10(8-12)6-9(2)13-11/h4,6-7H,1,5,8,12H2,2-3H3. The minimum absolute atomic E-state index is 0.554. The largest absolute Gasteiger partial charge is 0.356 e. The highest BCUT2D eigenvalue weighted by Crippen LogP contribution is 2.13. The second-order valence-corrected chi connectivity index (χ2v) is 3.35. The molecule has 0 fully saturated rings. The third-order valence-electron chi connectivity index (χ3n) is 2.03. The maximum atomic E-state index is 5.60. The van der Waals surface area contributed by atoms with Crippen LogP contribution in [0.1, 0.15) is 11.3 Å². The van der Waals surface area contributed by atoms with Crippen LogP contribution in [0, 0.1) is 6.92 Å². The zero-order valence-electron chi connectivity index (χ0n) is 8.83. The Bertz CT molecular complexity index is 320. The summed E-state index contributed by atoms with van der Waals surface area (Å²) < 4.78 is 0. The van der Waals surface area contributed by atoms with E-state index in [1.165, 1.54) is 0 Å². The van der Waals surface area contributed by atoms with Crippen molar-refractivity contribution in [1.29, 1.82) is 0 Å². The minimum Gasteiger partial charge on any atom is -0.356 e. The van der Waals surface area contributed by atoms with Crippen LogP contribution in [0.4, 0.5) is 5.82 Å². The number of aryl methyl sites for hydroxylation is 1. The summed E-state index contributed by atoms with van der Waals surface area (Å²) in [5.41, 5.74) is 7.71. The van der Waals surface area contributed by atoms with Crippen LogP contribution in [0.25, 0.3) is 0 Å². The van der Waals surface area contributed by atoms with Crippen molar-refractivity contribution in [3.05, 3.63) is 36.0 Å². The molecule has 0 aliphatic rings. The number of rotatable bonds is 4. The number of pyridine rings is 1. The van der Waals surface area contributed by atoms with Gasteiger partial charge in [0, 0.05) is 25.8 Å². The molecule has 0 amide bonds.